The highest BCUT2D eigenvalue weighted by Gasteiger charge is 2.31. The Labute approximate surface area is 148 Å². The van der Waals surface area contributed by atoms with Gasteiger partial charge in [-0.2, -0.15) is 5.10 Å². The molecule has 0 spiro atoms. The predicted octanol–water partition coefficient (Wildman–Crippen LogP) is 2.54. The number of aryl methyl sites for hydroxylation is 3. The van der Waals surface area contributed by atoms with Crippen LogP contribution in [0.4, 0.5) is 4.79 Å². The van der Waals surface area contributed by atoms with Crippen molar-refractivity contribution in [3.05, 3.63) is 29.1 Å². The molecule has 3 rings (SSSR count). The third-order valence-corrected chi connectivity index (χ3v) is 5.01. The van der Waals surface area contributed by atoms with Gasteiger partial charge in [-0.3, -0.25) is 5.10 Å². The molecule has 1 aliphatic rings. The lowest BCUT2D eigenvalue weighted by Crippen LogP contribution is -2.43. The van der Waals surface area contributed by atoms with Crippen LogP contribution in [0.2, 0.25) is 0 Å². The number of urea groups is 1. The molecule has 0 aromatic carbocycles. The van der Waals surface area contributed by atoms with Crippen LogP contribution < -0.4 is 5.32 Å². The van der Waals surface area contributed by atoms with Crippen molar-refractivity contribution in [2.24, 2.45) is 7.05 Å². The topological polar surface area (TPSA) is 91.7 Å². The highest BCUT2D eigenvalue weighted by Crippen LogP contribution is 2.33. The smallest absolute Gasteiger partial charge is 0.318 e. The molecule has 1 fully saturated rings. The summed E-state index contributed by atoms with van der Waals surface area (Å²) >= 11 is 0. The number of carbonyl (C=O) groups is 1. The van der Waals surface area contributed by atoms with Gasteiger partial charge in [0.1, 0.15) is 6.33 Å². The van der Waals surface area contributed by atoms with Gasteiger partial charge in [-0.1, -0.05) is 12.8 Å². The molecule has 0 bridgehead atoms. The predicted molar refractivity (Wildman–Crippen MR) is 93.9 cm³/mol. The van der Waals surface area contributed by atoms with E-state index in [-0.39, 0.29) is 18.1 Å². The lowest BCUT2D eigenvalue weighted by atomic mass is 9.99. The zero-order valence-electron chi connectivity index (χ0n) is 15.4. The summed E-state index contributed by atoms with van der Waals surface area (Å²) in [6.45, 7) is 6.72. The van der Waals surface area contributed by atoms with Gasteiger partial charge in [0, 0.05) is 24.8 Å². The summed E-state index contributed by atoms with van der Waals surface area (Å²) in [6, 6.07) is -0.189. The summed E-state index contributed by atoms with van der Waals surface area (Å²) in [4.78, 5) is 15.0. The second kappa shape index (κ2) is 7.25. The zero-order chi connectivity index (χ0) is 18.0. The van der Waals surface area contributed by atoms with Gasteiger partial charge < -0.3 is 14.8 Å². The molecule has 1 saturated heterocycles. The number of aromatic nitrogens is 5. The third-order valence-electron chi connectivity index (χ3n) is 5.01. The lowest BCUT2D eigenvalue weighted by Gasteiger charge is -2.31. The van der Waals surface area contributed by atoms with Crippen LogP contribution in [-0.4, -0.2) is 42.4 Å². The molecule has 8 heteroatoms. The molecule has 2 amide bonds. The van der Waals surface area contributed by atoms with E-state index in [1.54, 1.807) is 6.33 Å². The number of H-pyrrole nitrogens is 1. The summed E-state index contributed by atoms with van der Waals surface area (Å²) in [7, 11) is 1.88. The first-order chi connectivity index (χ1) is 12.0. The van der Waals surface area contributed by atoms with Crippen LogP contribution in [0.3, 0.4) is 0 Å². The van der Waals surface area contributed by atoms with Gasteiger partial charge in [0.2, 0.25) is 0 Å². The van der Waals surface area contributed by atoms with Crippen LogP contribution >= 0.6 is 0 Å². The summed E-state index contributed by atoms with van der Waals surface area (Å²) in [6.07, 6.45) is 5.91. The summed E-state index contributed by atoms with van der Waals surface area (Å²) in [5.41, 5.74) is 3.18. The highest BCUT2D eigenvalue weighted by atomic mass is 16.2. The van der Waals surface area contributed by atoms with E-state index < -0.39 is 0 Å². The first kappa shape index (κ1) is 17.4. The number of nitrogens with one attached hydrogen (secondary N) is 2. The Morgan fingerprint density at radius 1 is 1.36 bits per heavy atom. The van der Waals surface area contributed by atoms with Crippen molar-refractivity contribution < 1.29 is 4.79 Å². The van der Waals surface area contributed by atoms with Crippen molar-refractivity contribution in [1.82, 2.24) is 35.2 Å². The van der Waals surface area contributed by atoms with Gasteiger partial charge in [0.05, 0.1) is 17.8 Å². The van der Waals surface area contributed by atoms with E-state index in [0.717, 1.165) is 55.0 Å². The molecule has 1 aliphatic heterocycles. The zero-order valence-corrected chi connectivity index (χ0v) is 15.4. The minimum absolute atomic E-state index is 0.0533. The summed E-state index contributed by atoms with van der Waals surface area (Å²) < 4.78 is 1.83. The quantitative estimate of drug-likeness (QED) is 0.894. The normalized spacial score (nSPS) is 19.5. The maximum atomic E-state index is 13.0. The number of hydrogen-bond donors (Lipinski definition) is 2. The Balaban J connectivity index is 1.81. The number of carbonyl (C=O) groups excluding carboxylic acids is 1. The molecule has 2 N–H and O–H groups in total. The van der Waals surface area contributed by atoms with Crippen LogP contribution in [0.5, 0.6) is 0 Å². The first-order valence-corrected chi connectivity index (χ1v) is 8.91. The number of aromatic amines is 1. The molecule has 2 aromatic heterocycles. The molecule has 136 valence electrons. The number of amides is 2. The van der Waals surface area contributed by atoms with Crippen LogP contribution in [0.1, 0.15) is 67.5 Å². The van der Waals surface area contributed by atoms with Gasteiger partial charge in [-0.25, -0.2) is 4.79 Å². The van der Waals surface area contributed by atoms with Gasteiger partial charge in [-0.15, -0.1) is 10.2 Å². The fourth-order valence-corrected chi connectivity index (χ4v) is 3.72. The molecular formula is C17H27N7O. The minimum atomic E-state index is -0.199. The van der Waals surface area contributed by atoms with Crippen molar-refractivity contribution in [1.29, 1.82) is 0 Å². The second-order valence-electron chi connectivity index (χ2n) is 6.88. The molecule has 2 atom stereocenters. The van der Waals surface area contributed by atoms with Crippen LogP contribution in [0, 0.1) is 13.8 Å². The summed E-state index contributed by atoms with van der Waals surface area (Å²) in [5, 5.41) is 18.4. The third kappa shape index (κ3) is 3.52. The highest BCUT2D eigenvalue weighted by molar-refractivity contribution is 5.75. The number of rotatable bonds is 3. The van der Waals surface area contributed by atoms with E-state index >= 15 is 0 Å². The molecule has 0 saturated carbocycles. The maximum Gasteiger partial charge on any atom is 0.318 e. The Bertz CT molecular complexity index is 716. The average Bonchev–Trinajstić information content (AvgIpc) is 3.04. The number of hydrogen-bond acceptors (Lipinski definition) is 4. The molecule has 25 heavy (non-hydrogen) atoms. The average molecular weight is 345 g/mol. The van der Waals surface area contributed by atoms with Crippen molar-refractivity contribution in [2.75, 3.05) is 6.54 Å². The molecule has 0 aliphatic carbocycles. The largest absolute Gasteiger partial charge is 0.328 e. The van der Waals surface area contributed by atoms with Crippen molar-refractivity contribution in [3.63, 3.8) is 0 Å². The van der Waals surface area contributed by atoms with Gasteiger partial charge in [-0.05, 0) is 33.6 Å². The number of nitrogens with zero attached hydrogens (tertiary/aromatic N) is 5. The molecule has 0 unspecified atom stereocenters. The maximum absolute atomic E-state index is 13.0. The Morgan fingerprint density at radius 2 is 2.16 bits per heavy atom. The van der Waals surface area contributed by atoms with Crippen LogP contribution in [0.25, 0.3) is 0 Å². The fraction of sp³-hybridized carbons (Fsp3) is 0.647. The van der Waals surface area contributed by atoms with E-state index in [4.69, 9.17) is 0 Å². The van der Waals surface area contributed by atoms with E-state index in [1.807, 2.05) is 37.3 Å². The summed E-state index contributed by atoms with van der Waals surface area (Å²) in [5.74, 6) is 0.746. The van der Waals surface area contributed by atoms with Gasteiger partial charge in [0.25, 0.3) is 0 Å². The molecule has 8 nitrogen and oxygen atoms in total. The van der Waals surface area contributed by atoms with Gasteiger partial charge >= 0.3 is 6.03 Å². The first-order valence-electron chi connectivity index (χ1n) is 8.91. The van der Waals surface area contributed by atoms with Crippen LogP contribution in [0.15, 0.2) is 6.33 Å². The van der Waals surface area contributed by atoms with E-state index in [1.165, 1.54) is 0 Å². The van der Waals surface area contributed by atoms with Crippen molar-refractivity contribution in [3.8, 4) is 0 Å². The molecule has 3 heterocycles. The number of likely N-dealkylation sites (tertiary alicyclic amines) is 1. The Hall–Kier alpha value is -2.38. The second-order valence-corrected chi connectivity index (χ2v) is 6.88. The standard InChI is InChI=1S/C17H27N7O/c1-11-15(12(2)21-20-11)14-8-6-5-7-9-24(14)17(25)19-13(3)16-22-18-10-23(16)4/h10,13-14H,5-9H2,1-4H3,(H,19,25)(H,20,21)/t13-,14-/m1/s1. The SMILES string of the molecule is Cc1n[nH]c(C)c1[C@H]1CCCCCN1C(=O)N[C@H](C)c1nncn1C. The van der Waals surface area contributed by atoms with E-state index in [9.17, 15) is 4.79 Å². The van der Waals surface area contributed by atoms with Crippen LogP contribution in [-0.2, 0) is 7.05 Å². The monoisotopic (exact) mass is 345 g/mol. The van der Waals surface area contributed by atoms with E-state index in [0.29, 0.717) is 0 Å². The minimum Gasteiger partial charge on any atom is -0.328 e. The van der Waals surface area contributed by atoms with Crippen molar-refractivity contribution >= 4 is 6.03 Å². The molecule has 0 radical (unpaired) electrons. The fourth-order valence-electron chi connectivity index (χ4n) is 3.72. The van der Waals surface area contributed by atoms with Gasteiger partial charge in [0.15, 0.2) is 5.82 Å². The lowest BCUT2D eigenvalue weighted by molar-refractivity contribution is 0.172. The van der Waals surface area contributed by atoms with E-state index in [2.05, 4.69) is 25.7 Å². The van der Waals surface area contributed by atoms with Crippen molar-refractivity contribution in [2.45, 2.75) is 58.5 Å². The Morgan fingerprint density at radius 3 is 2.80 bits per heavy atom. The molecule has 2 aromatic rings. The Kier molecular flexibility index (Phi) is 5.06. The molecular weight excluding hydrogens is 318 g/mol.